The van der Waals surface area contributed by atoms with Crippen LogP contribution >= 0.6 is 0 Å². The molecule has 8 heteroatoms. The first kappa shape index (κ1) is 16.7. The molecule has 0 radical (unpaired) electrons. The predicted molar refractivity (Wildman–Crippen MR) is 95.1 cm³/mol. The molecule has 0 aliphatic carbocycles. The second-order valence-corrected chi connectivity index (χ2v) is 6.50. The summed E-state index contributed by atoms with van der Waals surface area (Å²) in [4.78, 5) is 39.9. The lowest BCUT2D eigenvalue weighted by Crippen LogP contribution is -2.44. The van der Waals surface area contributed by atoms with Crippen LogP contribution in [0.1, 0.15) is 35.0 Å². The zero-order chi connectivity index (χ0) is 17.9. The summed E-state index contributed by atoms with van der Waals surface area (Å²) in [6.45, 7) is 3.16. The molecule has 0 aromatic carbocycles. The van der Waals surface area contributed by atoms with Gasteiger partial charge in [-0.05, 0) is 31.0 Å². The van der Waals surface area contributed by atoms with Crippen LogP contribution in [0.5, 0.6) is 0 Å². The van der Waals surface area contributed by atoms with Crippen molar-refractivity contribution in [2.75, 3.05) is 37.7 Å². The van der Waals surface area contributed by atoms with Crippen molar-refractivity contribution in [2.45, 2.75) is 18.9 Å². The Labute approximate surface area is 150 Å². The van der Waals surface area contributed by atoms with Crippen LogP contribution in [0.25, 0.3) is 0 Å². The Bertz CT molecular complexity index is 846. The van der Waals surface area contributed by atoms with Crippen LogP contribution in [-0.4, -0.2) is 58.5 Å². The molecule has 26 heavy (non-hydrogen) atoms. The molecule has 1 unspecified atom stereocenters. The number of hydrogen-bond acceptors (Lipinski definition) is 6. The summed E-state index contributed by atoms with van der Waals surface area (Å²) in [6.07, 6.45) is 5.24. The normalized spacial score (nSPS) is 20.4. The molecule has 2 aromatic rings. The van der Waals surface area contributed by atoms with Crippen LogP contribution in [0.3, 0.4) is 0 Å². The van der Waals surface area contributed by atoms with E-state index in [-0.39, 0.29) is 23.1 Å². The van der Waals surface area contributed by atoms with Crippen molar-refractivity contribution in [3.63, 3.8) is 0 Å². The Morgan fingerprint density at radius 3 is 2.88 bits per heavy atom. The van der Waals surface area contributed by atoms with Gasteiger partial charge in [-0.2, -0.15) is 0 Å². The van der Waals surface area contributed by atoms with Gasteiger partial charge in [-0.25, -0.2) is 9.97 Å². The molecule has 4 heterocycles. The third kappa shape index (κ3) is 3.32. The lowest BCUT2D eigenvalue weighted by Gasteiger charge is -2.32. The fraction of sp³-hybridized carbons (Fsp3) is 0.444. The fourth-order valence-corrected chi connectivity index (χ4v) is 3.38. The Kier molecular flexibility index (Phi) is 4.66. The maximum absolute atomic E-state index is 12.7. The van der Waals surface area contributed by atoms with Crippen LogP contribution in [0.2, 0.25) is 0 Å². The van der Waals surface area contributed by atoms with Crippen molar-refractivity contribution in [1.82, 2.24) is 19.9 Å². The zero-order valence-corrected chi connectivity index (χ0v) is 14.4. The number of amides is 1. The number of rotatable bonds is 3. The largest absolute Gasteiger partial charge is 0.368 e. The predicted octanol–water partition coefficient (Wildman–Crippen LogP) is 0.979. The van der Waals surface area contributed by atoms with Gasteiger partial charge in [0.2, 0.25) is 5.95 Å². The van der Waals surface area contributed by atoms with Gasteiger partial charge in [0, 0.05) is 32.0 Å². The average molecular weight is 355 g/mol. The van der Waals surface area contributed by atoms with Gasteiger partial charge in [-0.15, -0.1) is 0 Å². The summed E-state index contributed by atoms with van der Waals surface area (Å²) >= 11 is 0. The van der Waals surface area contributed by atoms with Gasteiger partial charge in [-0.3, -0.25) is 9.59 Å². The molecule has 0 saturated carbocycles. The summed E-state index contributed by atoms with van der Waals surface area (Å²) in [5.41, 5.74) is 0.536. The maximum Gasteiger partial charge on any atom is 0.260 e. The monoisotopic (exact) mass is 355 g/mol. The molecule has 1 amide bonds. The van der Waals surface area contributed by atoms with E-state index in [0.29, 0.717) is 25.6 Å². The molecule has 0 spiro atoms. The van der Waals surface area contributed by atoms with Gasteiger partial charge >= 0.3 is 0 Å². The van der Waals surface area contributed by atoms with E-state index in [0.717, 1.165) is 31.6 Å². The lowest BCUT2D eigenvalue weighted by molar-refractivity contribution is -0.0248. The van der Waals surface area contributed by atoms with Crippen molar-refractivity contribution < 1.29 is 9.53 Å². The first-order chi connectivity index (χ1) is 12.7. The molecule has 1 N–H and O–H groups in total. The van der Waals surface area contributed by atoms with E-state index < -0.39 is 0 Å². The third-order valence-electron chi connectivity index (χ3n) is 4.79. The molecule has 2 aliphatic rings. The molecule has 2 fully saturated rings. The van der Waals surface area contributed by atoms with E-state index in [1.54, 1.807) is 23.2 Å². The van der Waals surface area contributed by atoms with Gasteiger partial charge in [0.05, 0.1) is 18.8 Å². The topological polar surface area (TPSA) is 91.4 Å². The highest BCUT2D eigenvalue weighted by atomic mass is 16.5. The minimum absolute atomic E-state index is 0.147. The number of anilines is 1. The minimum atomic E-state index is -0.376. The number of carbonyl (C=O) groups excluding carboxylic acids is 1. The summed E-state index contributed by atoms with van der Waals surface area (Å²) in [5, 5.41) is 0. The number of aromatic amines is 1. The second-order valence-electron chi connectivity index (χ2n) is 6.50. The lowest BCUT2D eigenvalue weighted by atomic mass is 10.1. The zero-order valence-electron chi connectivity index (χ0n) is 14.4. The molecule has 2 aliphatic heterocycles. The average Bonchev–Trinajstić information content (AvgIpc) is 3.23. The van der Waals surface area contributed by atoms with E-state index >= 15 is 0 Å². The number of H-pyrrole nitrogens is 1. The summed E-state index contributed by atoms with van der Waals surface area (Å²) in [5.74, 6) is 0.431. The molecule has 4 rings (SSSR count). The molecule has 2 saturated heterocycles. The first-order valence-corrected chi connectivity index (χ1v) is 8.89. The van der Waals surface area contributed by atoms with Gasteiger partial charge in [0.15, 0.2) is 0 Å². The number of pyridine rings is 1. The SMILES string of the molecule is O=C(c1ccc[nH]c1=O)N1CCOC(c2ccnc(N3CCCC3)n2)C1. The van der Waals surface area contributed by atoms with Gasteiger partial charge < -0.3 is 19.5 Å². The van der Waals surface area contributed by atoms with Crippen molar-refractivity contribution in [1.29, 1.82) is 0 Å². The highest BCUT2D eigenvalue weighted by molar-refractivity contribution is 5.93. The number of ether oxygens (including phenoxy) is 1. The smallest absolute Gasteiger partial charge is 0.260 e. The Morgan fingerprint density at radius 1 is 1.23 bits per heavy atom. The molecule has 2 aromatic heterocycles. The number of nitrogens with zero attached hydrogens (tertiary/aromatic N) is 4. The second kappa shape index (κ2) is 7.25. The number of aromatic nitrogens is 3. The quantitative estimate of drug-likeness (QED) is 0.882. The van der Waals surface area contributed by atoms with Crippen molar-refractivity contribution in [3.05, 3.63) is 52.2 Å². The van der Waals surface area contributed by atoms with Crippen LogP contribution in [0.15, 0.2) is 35.4 Å². The Balaban J connectivity index is 1.52. The van der Waals surface area contributed by atoms with Crippen molar-refractivity contribution in [3.8, 4) is 0 Å². The molecular weight excluding hydrogens is 334 g/mol. The van der Waals surface area contributed by atoms with E-state index in [1.165, 1.54) is 6.20 Å². The van der Waals surface area contributed by atoms with E-state index in [9.17, 15) is 9.59 Å². The standard InChI is InChI=1S/C18H21N5O3/c24-16-13(4-3-6-19-16)17(25)23-10-11-26-15(12-23)14-5-7-20-18(21-14)22-8-1-2-9-22/h3-7,15H,1-2,8-12H2,(H,19,24). The highest BCUT2D eigenvalue weighted by Crippen LogP contribution is 2.23. The molecule has 136 valence electrons. The van der Waals surface area contributed by atoms with Gasteiger partial charge in [0.25, 0.3) is 11.5 Å². The molecule has 0 bridgehead atoms. The number of carbonyl (C=O) groups is 1. The summed E-state index contributed by atoms with van der Waals surface area (Å²) in [6, 6.07) is 5.02. The van der Waals surface area contributed by atoms with E-state index in [1.807, 2.05) is 6.07 Å². The summed E-state index contributed by atoms with van der Waals surface area (Å²) < 4.78 is 5.84. The fourth-order valence-electron chi connectivity index (χ4n) is 3.38. The third-order valence-corrected chi connectivity index (χ3v) is 4.79. The Morgan fingerprint density at radius 2 is 2.08 bits per heavy atom. The van der Waals surface area contributed by atoms with Crippen LogP contribution in [-0.2, 0) is 4.74 Å². The highest BCUT2D eigenvalue weighted by Gasteiger charge is 2.28. The Hall–Kier alpha value is -2.74. The van der Waals surface area contributed by atoms with Crippen LogP contribution < -0.4 is 10.5 Å². The number of nitrogens with one attached hydrogen (secondary N) is 1. The van der Waals surface area contributed by atoms with Gasteiger partial charge in [0.1, 0.15) is 11.7 Å². The molecular formula is C18H21N5O3. The van der Waals surface area contributed by atoms with Crippen LogP contribution in [0.4, 0.5) is 5.95 Å². The maximum atomic E-state index is 12.7. The van der Waals surface area contributed by atoms with E-state index in [4.69, 9.17) is 4.74 Å². The molecule has 1 atom stereocenters. The first-order valence-electron chi connectivity index (χ1n) is 8.89. The van der Waals surface area contributed by atoms with E-state index in [2.05, 4.69) is 19.9 Å². The number of hydrogen-bond donors (Lipinski definition) is 1. The summed E-state index contributed by atoms with van der Waals surface area (Å²) in [7, 11) is 0. The van der Waals surface area contributed by atoms with Crippen molar-refractivity contribution >= 4 is 11.9 Å². The van der Waals surface area contributed by atoms with Crippen molar-refractivity contribution in [2.24, 2.45) is 0 Å². The molecule has 8 nitrogen and oxygen atoms in total. The minimum Gasteiger partial charge on any atom is -0.368 e. The van der Waals surface area contributed by atoms with Gasteiger partial charge in [-0.1, -0.05) is 0 Å². The van der Waals surface area contributed by atoms with Crippen LogP contribution in [0, 0.1) is 0 Å². The number of morpholine rings is 1.